The van der Waals surface area contributed by atoms with Crippen molar-refractivity contribution in [1.82, 2.24) is 20.2 Å². The summed E-state index contributed by atoms with van der Waals surface area (Å²) in [6.45, 7) is 1.92. The molecule has 1 aromatic carbocycles. The number of aromatic nitrogens is 2. The maximum Gasteiger partial charge on any atom is 0.317 e. The topological polar surface area (TPSA) is 85.8 Å². The lowest BCUT2D eigenvalue weighted by Crippen LogP contribution is -2.48. The van der Waals surface area contributed by atoms with E-state index in [1.165, 1.54) is 0 Å². The van der Waals surface area contributed by atoms with E-state index in [0.717, 1.165) is 24.2 Å². The molecule has 3 heterocycles. The first-order valence-electron chi connectivity index (χ1n) is 8.62. The Morgan fingerprint density at radius 2 is 2.23 bits per heavy atom. The average molecular weight is 356 g/mol. The SMILES string of the molecule is O=C(NCc1ccc2c(c1)OCO2)N1CCCC(Oc2cnccn2)C1. The zero-order chi connectivity index (χ0) is 17.8. The highest BCUT2D eigenvalue weighted by atomic mass is 16.7. The van der Waals surface area contributed by atoms with E-state index in [9.17, 15) is 4.79 Å². The molecule has 1 atom stereocenters. The molecule has 1 aromatic heterocycles. The van der Waals surface area contributed by atoms with Crippen LogP contribution < -0.4 is 19.5 Å². The number of benzene rings is 1. The fraction of sp³-hybridized carbons (Fsp3) is 0.389. The Morgan fingerprint density at radius 1 is 1.31 bits per heavy atom. The van der Waals surface area contributed by atoms with Crippen LogP contribution in [0.2, 0.25) is 0 Å². The first-order valence-corrected chi connectivity index (χ1v) is 8.62. The van der Waals surface area contributed by atoms with Gasteiger partial charge in [0.25, 0.3) is 0 Å². The largest absolute Gasteiger partial charge is 0.471 e. The lowest BCUT2D eigenvalue weighted by molar-refractivity contribution is 0.0974. The molecule has 2 aliphatic heterocycles. The van der Waals surface area contributed by atoms with Crippen molar-refractivity contribution in [1.29, 1.82) is 0 Å². The van der Waals surface area contributed by atoms with Crippen LogP contribution in [0.4, 0.5) is 4.79 Å². The Hall–Kier alpha value is -3.03. The number of ether oxygens (including phenoxy) is 3. The third-order valence-electron chi connectivity index (χ3n) is 4.37. The second-order valence-electron chi connectivity index (χ2n) is 6.22. The molecular weight excluding hydrogens is 336 g/mol. The van der Waals surface area contributed by atoms with Gasteiger partial charge in [0.15, 0.2) is 11.5 Å². The van der Waals surface area contributed by atoms with Crippen molar-refractivity contribution < 1.29 is 19.0 Å². The number of amides is 2. The van der Waals surface area contributed by atoms with Crippen molar-refractivity contribution in [2.45, 2.75) is 25.5 Å². The van der Waals surface area contributed by atoms with Crippen molar-refractivity contribution in [3.8, 4) is 17.4 Å². The van der Waals surface area contributed by atoms with Crippen LogP contribution in [0, 0.1) is 0 Å². The zero-order valence-electron chi connectivity index (χ0n) is 14.3. The third-order valence-corrected chi connectivity index (χ3v) is 4.37. The summed E-state index contributed by atoms with van der Waals surface area (Å²) in [6.07, 6.45) is 6.48. The third kappa shape index (κ3) is 3.79. The maximum atomic E-state index is 12.5. The predicted molar refractivity (Wildman–Crippen MR) is 92.1 cm³/mol. The molecule has 1 N–H and O–H groups in total. The summed E-state index contributed by atoms with van der Waals surface area (Å²) in [5, 5.41) is 2.95. The molecule has 0 radical (unpaired) electrons. The van der Waals surface area contributed by atoms with Crippen LogP contribution in [0.3, 0.4) is 0 Å². The summed E-state index contributed by atoms with van der Waals surface area (Å²) in [4.78, 5) is 22.4. The summed E-state index contributed by atoms with van der Waals surface area (Å²) in [6, 6.07) is 5.56. The average Bonchev–Trinajstić information content (AvgIpc) is 3.15. The lowest BCUT2D eigenvalue weighted by Gasteiger charge is -2.32. The first kappa shape index (κ1) is 16.4. The minimum atomic E-state index is -0.102. The monoisotopic (exact) mass is 356 g/mol. The van der Waals surface area contributed by atoms with E-state index in [1.54, 1.807) is 23.5 Å². The smallest absolute Gasteiger partial charge is 0.317 e. The Labute approximate surface area is 151 Å². The van der Waals surface area contributed by atoms with Gasteiger partial charge in [0.05, 0.1) is 12.7 Å². The van der Waals surface area contributed by atoms with Gasteiger partial charge < -0.3 is 24.4 Å². The standard InChI is InChI=1S/C18H20N4O4/c23-18(21-9-13-3-4-15-16(8-13)25-12-24-15)22-7-1-2-14(11-22)26-17-10-19-5-6-20-17/h3-6,8,10,14H,1-2,7,9,11-12H2,(H,21,23). The van der Waals surface area contributed by atoms with E-state index in [0.29, 0.717) is 31.3 Å². The normalized spacial score (nSPS) is 18.5. The van der Waals surface area contributed by atoms with Gasteiger partial charge in [-0.2, -0.15) is 0 Å². The predicted octanol–water partition coefficient (Wildman–Crippen LogP) is 1.96. The van der Waals surface area contributed by atoms with Crippen molar-refractivity contribution in [2.75, 3.05) is 19.9 Å². The number of nitrogens with zero attached hydrogens (tertiary/aromatic N) is 3. The lowest BCUT2D eigenvalue weighted by atomic mass is 10.1. The molecule has 8 heteroatoms. The fourth-order valence-corrected chi connectivity index (χ4v) is 3.08. The van der Waals surface area contributed by atoms with Crippen LogP contribution in [0.15, 0.2) is 36.8 Å². The van der Waals surface area contributed by atoms with Crippen LogP contribution in [-0.4, -0.2) is 46.9 Å². The number of piperidine rings is 1. The molecule has 2 aliphatic rings. The van der Waals surface area contributed by atoms with Gasteiger partial charge in [-0.05, 0) is 30.5 Å². The molecule has 26 heavy (non-hydrogen) atoms. The molecule has 0 spiro atoms. The Bertz CT molecular complexity index is 771. The number of nitrogens with one attached hydrogen (secondary N) is 1. The van der Waals surface area contributed by atoms with Crippen LogP contribution in [0.5, 0.6) is 17.4 Å². The van der Waals surface area contributed by atoms with Crippen molar-refractivity contribution in [3.05, 3.63) is 42.4 Å². The molecule has 0 bridgehead atoms. The van der Waals surface area contributed by atoms with Crippen molar-refractivity contribution in [3.63, 3.8) is 0 Å². The number of fused-ring (bicyclic) bond motifs is 1. The van der Waals surface area contributed by atoms with E-state index in [4.69, 9.17) is 14.2 Å². The molecular formula is C18H20N4O4. The van der Waals surface area contributed by atoms with Crippen LogP contribution >= 0.6 is 0 Å². The quantitative estimate of drug-likeness (QED) is 0.901. The van der Waals surface area contributed by atoms with Gasteiger partial charge in [0.2, 0.25) is 12.7 Å². The molecule has 1 unspecified atom stereocenters. The molecule has 2 aromatic rings. The second-order valence-corrected chi connectivity index (χ2v) is 6.22. The molecule has 136 valence electrons. The minimum absolute atomic E-state index is 0.0725. The summed E-state index contributed by atoms with van der Waals surface area (Å²) in [5.74, 6) is 1.94. The highest BCUT2D eigenvalue weighted by molar-refractivity contribution is 5.74. The maximum absolute atomic E-state index is 12.5. The number of rotatable bonds is 4. The Kier molecular flexibility index (Phi) is 4.72. The van der Waals surface area contributed by atoms with E-state index in [-0.39, 0.29) is 18.9 Å². The van der Waals surface area contributed by atoms with Crippen LogP contribution in [0.25, 0.3) is 0 Å². The van der Waals surface area contributed by atoms with Crippen LogP contribution in [-0.2, 0) is 6.54 Å². The first-order chi connectivity index (χ1) is 12.8. The number of carbonyl (C=O) groups is 1. The van der Waals surface area contributed by atoms with Gasteiger partial charge in [-0.1, -0.05) is 6.07 Å². The highest BCUT2D eigenvalue weighted by Crippen LogP contribution is 2.32. The van der Waals surface area contributed by atoms with Gasteiger partial charge >= 0.3 is 6.03 Å². The zero-order valence-corrected chi connectivity index (χ0v) is 14.3. The van der Waals surface area contributed by atoms with E-state index in [1.807, 2.05) is 18.2 Å². The van der Waals surface area contributed by atoms with Crippen molar-refractivity contribution in [2.24, 2.45) is 0 Å². The van der Waals surface area contributed by atoms with Gasteiger partial charge in [0.1, 0.15) is 6.10 Å². The van der Waals surface area contributed by atoms with E-state index in [2.05, 4.69) is 15.3 Å². The summed E-state index contributed by atoms with van der Waals surface area (Å²) in [5.41, 5.74) is 0.965. The minimum Gasteiger partial charge on any atom is -0.471 e. The number of hydrogen-bond donors (Lipinski definition) is 1. The van der Waals surface area contributed by atoms with Gasteiger partial charge in [-0.25, -0.2) is 9.78 Å². The molecule has 4 rings (SSSR count). The number of likely N-dealkylation sites (tertiary alicyclic amines) is 1. The summed E-state index contributed by atoms with van der Waals surface area (Å²) in [7, 11) is 0. The number of hydrogen-bond acceptors (Lipinski definition) is 6. The molecule has 2 amide bonds. The second kappa shape index (κ2) is 7.47. The van der Waals surface area contributed by atoms with Crippen molar-refractivity contribution >= 4 is 6.03 Å². The number of urea groups is 1. The van der Waals surface area contributed by atoms with Gasteiger partial charge in [-0.3, -0.25) is 4.98 Å². The number of carbonyl (C=O) groups excluding carboxylic acids is 1. The highest BCUT2D eigenvalue weighted by Gasteiger charge is 2.25. The van der Waals surface area contributed by atoms with E-state index >= 15 is 0 Å². The molecule has 8 nitrogen and oxygen atoms in total. The molecule has 0 aliphatic carbocycles. The summed E-state index contributed by atoms with van der Waals surface area (Å²) >= 11 is 0. The fourth-order valence-electron chi connectivity index (χ4n) is 3.08. The van der Waals surface area contributed by atoms with Crippen LogP contribution in [0.1, 0.15) is 18.4 Å². The van der Waals surface area contributed by atoms with Gasteiger partial charge in [-0.15, -0.1) is 0 Å². The van der Waals surface area contributed by atoms with Gasteiger partial charge in [0, 0.05) is 25.5 Å². The Balaban J connectivity index is 1.30. The molecule has 0 saturated carbocycles. The van der Waals surface area contributed by atoms with E-state index < -0.39 is 0 Å². The molecule has 1 fully saturated rings. The summed E-state index contributed by atoms with van der Waals surface area (Å²) < 4.78 is 16.5. The molecule has 1 saturated heterocycles. The Morgan fingerprint density at radius 3 is 3.12 bits per heavy atom.